The number of benzene rings is 1. The molecule has 0 spiro atoms. The van der Waals surface area contributed by atoms with Gasteiger partial charge >= 0.3 is 0 Å². The van der Waals surface area contributed by atoms with Gasteiger partial charge in [0.1, 0.15) is 23.2 Å². The van der Waals surface area contributed by atoms with Gasteiger partial charge in [-0.1, -0.05) is 46.6 Å². The third-order valence-corrected chi connectivity index (χ3v) is 4.74. The minimum absolute atomic E-state index is 0.211. The van der Waals surface area contributed by atoms with E-state index in [1.807, 2.05) is 6.92 Å². The Morgan fingerprint density at radius 1 is 1.08 bits per heavy atom. The third-order valence-electron chi connectivity index (χ3n) is 4.74. The number of halogens is 2. The molecule has 146 valence electrons. The number of hydrogen-bond acceptors (Lipinski definition) is 2. The predicted octanol–water partition coefficient (Wildman–Crippen LogP) is 4.00. The monoisotopic (exact) mass is 368 g/mol. The van der Waals surface area contributed by atoms with Crippen LogP contribution in [0.5, 0.6) is 0 Å². The molecule has 26 heavy (non-hydrogen) atoms. The van der Waals surface area contributed by atoms with Gasteiger partial charge in [-0.2, -0.15) is 0 Å². The van der Waals surface area contributed by atoms with Gasteiger partial charge in [-0.15, -0.1) is 0 Å². The minimum atomic E-state index is -0.943. The van der Waals surface area contributed by atoms with Gasteiger partial charge in [-0.25, -0.2) is 8.78 Å². The quantitative estimate of drug-likeness (QED) is 0.716. The molecule has 1 aromatic carbocycles. The summed E-state index contributed by atoms with van der Waals surface area (Å²) in [5.41, 5.74) is -0.658. The molecule has 0 aromatic heterocycles. The van der Waals surface area contributed by atoms with Crippen LogP contribution in [0.1, 0.15) is 57.8 Å². The van der Waals surface area contributed by atoms with E-state index < -0.39 is 29.1 Å². The third kappa shape index (κ3) is 5.51. The Morgan fingerprint density at radius 3 is 2.04 bits per heavy atom. The zero-order valence-electron chi connectivity index (χ0n) is 16.3. The van der Waals surface area contributed by atoms with Gasteiger partial charge in [-0.05, 0) is 30.9 Å². The van der Waals surface area contributed by atoms with E-state index in [1.54, 1.807) is 18.7 Å². The lowest BCUT2D eigenvalue weighted by molar-refractivity contribution is -0.134. The molecule has 0 heterocycles. The number of carbonyl (C=O) groups is 2. The first kappa shape index (κ1) is 22.1. The van der Waals surface area contributed by atoms with Crippen molar-refractivity contribution in [1.82, 2.24) is 10.2 Å². The van der Waals surface area contributed by atoms with Crippen LogP contribution in [0.4, 0.5) is 8.78 Å². The van der Waals surface area contributed by atoms with Crippen molar-refractivity contribution in [3.05, 3.63) is 35.4 Å². The van der Waals surface area contributed by atoms with Crippen molar-refractivity contribution in [3.63, 3.8) is 0 Å². The molecule has 0 aliphatic rings. The highest BCUT2D eigenvalue weighted by atomic mass is 19.1. The lowest BCUT2D eigenvalue weighted by Gasteiger charge is -2.31. The van der Waals surface area contributed by atoms with Crippen LogP contribution in [0.25, 0.3) is 0 Å². The summed E-state index contributed by atoms with van der Waals surface area (Å²) in [4.78, 5) is 27.0. The minimum Gasteiger partial charge on any atom is -0.341 e. The van der Waals surface area contributed by atoms with Crippen LogP contribution >= 0.6 is 0 Å². The first-order valence-corrected chi connectivity index (χ1v) is 9.30. The molecule has 1 rings (SSSR count). The molecule has 0 aliphatic carbocycles. The topological polar surface area (TPSA) is 49.4 Å². The number of rotatable bonds is 9. The van der Waals surface area contributed by atoms with Crippen LogP contribution in [-0.4, -0.2) is 35.8 Å². The van der Waals surface area contributed by atoms with Crippen molar-refractivity contribution in [3.8, 4) is 0 Å². The van der Waals surface area contributed by atoms with Crippen LogP contribution in [0, 0.1) is 23.5 Å². The summed E-state index contributed by atoms with van der Waals surface area (Å²) in [5, 5.41) is 2.53. The maximum atomic E-state index is 13.8. The average Bonchev–Trinajstić information content (AvgIpc) is 2.60. The molecular formula is C20H30F2N2O2. The SMILES string of the molecule is CCC(CC)CN(CC)C(=O)[C@@H](NC(=O)c1c(F)cccc1F)C(C)C. The largest absolute Gasteiger partial charge is 0.341 e. The van der Waals surface area contributed by atoms with E-state index in [4.69, 9.17) is 0 Å². The molecule has 1 N–H and O–H groups in total. The van der Waals surface area contributed by atoms with Gasteiger partial charge in [0.2, 0.25) is 5.91 Å². The highest BCUT2D eigenvalue weighted by molar-refractivity contribution is 5.98. The Bertz CT molecular complexity index is 596. The van der Waals surface area contributed by atoms with E-state index in [0.717, 1.165) is 25.0 Å². The Kier molecular flexibility index (Phi) is 8.69. The standard InChI is InChI=1S/C20H30F2N2O2/c1-6-14(7-2)12-24(8-3)20(26)18(13(4)5)23-19(25)17-15(21)10-9-11-16(17)22/h9-11,13-14,18H,6-8,12H2,1-5H3,(H,23,25)/t18-/m0/s1. The molecule has 4 nitrogen and oxygen atoms in total. The van der Waals surface area contributed by atoms with Gasteiger partial charge in [0.25, 0.3) is 5.91 Å². The van der Waals surface area contributed by atoms with Gasteiger partial charge < -0.3 is 10.2 Å². The van der Waals surface area contributed by atoms with E-state index in [9.17, 15) is 18.4 Å². The summed E-state index contributed by atoms with van der Waals surface area (Å²) in [6.45, 7) is 10.8. The molecule has 1 atom stereocenters. The molecule has 0 radical (unpaired) electrons. The highest BCUT2D eigenvalue weighted by Crippen LogP contribution is 2.16. The van der Waals surface area contributed by atoms with Gasteiger partial charge in [0.05, 0.1) is 0 Å². The molecule has 0 unspecified atom stereocenters. The highest BCUT2D eigenvalue weighted by Gasteiger charge is 2.30. The van der Waals surface area contributed by atoms with E-state index in [-0.39, 0.29) is 11.8 Å². The number of hydrogen-bond donors (Lipinski definition) is 1. The average molecular weight is 368 g/mol. The maximum absolute atomic E-state index is 13.8. The van der Waals surface area contributed by atoms with Crippen LogP contribution in [0.15, 0.2) is 18.2 Å². The zero-order valence-corrected chi connectivity index (χ0v) is 16.3. The fourth-order valence-corrected chi connectivity index (χ4v) is 2.87. The van der Waals surface area contributed by atoms with E-state index >= 15 is 0 Å². The maximum Gasteiger partial charge on any atom is 0.257 e. The number of amides is 2. The number of nitrogens with one attached hydrogen (secondary N) is 1. The summed E-state index contributed by atoms with van der Waals surface area (Å²) < 4.78 is 27.7. The molecule has 0 bridgehead atoms. The van der Waals surface area contributed by atoms with Crippen molar-refractivity contribution < 1.29 is 18.4 Å². The Hall–Kier alpha value is -1.98. The van der Waals surface area contributed by atoms with Crippen molar-refractivity contribution in [2.45, 2.75) is 53.5 Å². The van der Waals surface area contributed by atoms with Crippen LogP contribution in [-0.2, 0) is 4.79 Å². The second-order valence-electron chi connectivity index (χ2n) is 6.85. The fourth-order valence-electron chi connectivity index (χ4n) is 2.87. The number of nitrogens with zero attached hydrogens (tertiary/aromatic N) is 1. The Balaban J connectivity index is 3.00. The molecule has 0 saturated carbocycles. The lowest BCUT2D eigenvalue weighted by atomic mass is 9.99. The van der Waals surface area contributed by atoms with E-state index in [1.165, 1.54) is 6.07 Å². The number of likely N-dealkylation sites (N-methyl/N-ethyl adjacent to an activating group) is 1. The fraction of sp³-hybridized carbons (Fsp3) is 0.600. The normalized spacial score (nSPS) is 12.3. The second-order valence-corrected chi connectivity index (χ2v) is 6.85. The van der Waals surface area contributed by atoms with Crippen molar-refractivity contribution in [2.24, 2.45) is 11.8 Å². The summed E-state index contributed by atoms with van der Waals surface area (Å²) in [6, 6.07) is 2.41. The predicted molar refractivity (Wildman–Crippen MR) is 98.8 cm³/mol. The molecule has 2 amide bonds. The van der Waals surface area contributed by atoms with Crippen molar-refractivity contribution in [2.75, 3.05) is 13.1 Å². The van der Waals surface area contributed by atoms with Crippen molar-refractivity contribution in [1.29, 1.82) is 0 Å². The van der Waals surface area contributed by atoms with Crippen LogP contribution < -0.4 is 5.32 Å². The molecule has 0 saturated heterocycles. The number of carbonyl (C=O) groups excluding carboxylic acids is 2. The molecule has 1 aromatic rings. The molecular weight excluding hydrogens is 338 g/mol. The smallest absolute Gasteiger partial charge is 0.257 e. The lowest BCUT2D eigenvalue weighted by Crippen LogP contribution is -2.52. The molecule has 0 aliphatic heterocycles. The second kappa shape index (κ2) is 10.2. The first-order chi connectivity index (χ1) is 12.3. The molecule has 6 heteroatoms. The summed E-state index contributed by atoms with van der Waals surface area (Å²) in [5.74, 6) is -2.85. The molecule has 0 fully saturated rings. The van der Waals surface area contributed by atoms with Gasteiger partial charge in [-0.3, -0.25) is 9.59 Å². The van der Waals surface area contributed by atoms with E-state index in [2.05, 4.69) is 19.2 Å². The van der Waals surface area contributed by atoms with Crippen molar-refractivity contribution >= 4 is 11.8 Å². The Labute approximate surface area is 155 Å². The van der Waals surface area contributed by atoms with Crippen LogP contribution in [0.3, 0.4) is 0 Å². The summed E-state index contributed by atoms with van der Waals surface area (Å²) in [7, 11) is 0. The van der Waals surface area contributed by atoms with Gasteiger partial charge in [0, 0.05) is 13.1 Å². The van der Waals surface area contributed by atoms with Gasteiger partial charge in [0.15, 0.2) is 0 Å². The Morgan fingerprint density at radius 2 is 1.62 bits per heavy atom. The van der Waals surface area contributed by atoms with Crippen LogP contribution in [0.2, 0.25) is 0 Å². The van der Waals surface area contributed by atoms with E-state index in [0.29, 0.717) is 19.0 Å². The summed E-state index contributed by atoms with van der Waals surface area (Å²) >= 11 is 0. The first-order valence-electron chi connectivity index (χ1n) is 9.30. The zero-order chi connectivity index (χ0) is 19.9. The summed E-state index contributed by atoms with van der Waals surface area (Å²) in [6.07, 6.45) is 1.92.